The molecule has 4 bridgehead atoms. The van der Waals surface area contributed by atoms with Crippen LogP contribution in [0.25, 0.3) is 22.3 Å². The van der Waals surface area contributed by atoms with Crippen LogP contribution in [0.5, 0.6) is 0 Å². The van der Waals surface area contributed by atoms with Crippen molar-refractivity contribution in [3.8, 4) is 22.3 Å². The molecule has 7 aromatic rings. The summed E-state index contributed by atoms with van der Waals surface area (Å²) in [6.45, 7) is 0.103. The normalized spacial score (nSPS) is 27.5. The van der Waals surface area contributed by atoms with E-state index in [-0.39, 0.29) is 17.5 Å². The molecule has 4 saturated carbocycles. The molecule has 2 aliphatic heterocycles. The monoisotopic (exact) mass is 756 g/mol. The molecule has 2 heterocycles. The average Bonchev–Trinajstić information content (AvgIpc) is 4.17. The number of anilines is 6. The van der Waals surface area contributed by atoms with Crippen molar-refractivity contribution in [1.29, 1.82) is 0 Å². The van der Waals surface area contributed by atoms with Crippen LogP contribution in [0, 0.1) is 23.7 Å². The Morgan fingerprint density at radius 1 is 0.424 bits per heavy atom. The van der Waals surface area contributed by atoms with Crippen LogP contribution in [0.2, 0.25) is 0 Å². The maximum atomic E-state index is 2.73. The first-order valence-corrected chi connectivity index (χ1v) is 22.6. The van der Waals surface area contributed by atoms with Crippen LogP contribution in [0.3, 0.4) is 0 Å². The Kier molecular flexibility index (Phi) is 6.02. The fourth-order valence-electron chi connectivity index (χ4n) is 15.6. The smallest absolute Gasteiger partial charge is 0.252 e. The highest BCUT2D eigenvalue weighted by atomic mass is 15.2. The van der Waals surface area contributed by atoms with Gasteiger partial charge in [0.15, 0.2) is 0 Å². The van der Waals surface area contributed by atoms with E-state index in [2.05, 4.69) is 161 Å². The number of rotatable bonds is 2. The molecule has 282 valence electrons. The maximum absolute atomic E-state index is 2.73. The molecule has 0 saturated heterocycles. The first-order valence-electron chi connectivity index (χ1n) is 22.6. The molecular weight excluding hydrogens is 711 g/mol. The molecule has 6 aliphatic carbocycles. The van der Waals surface area contributed by atoms with Crippen molar-refractivity contribution >= 4 is 57.2 Å². The van der Waals surface area contributed by atoms with Crippen molar-refractivity contribution in [3.63, 3.8) is 0 Å². The second kappa shape index (κ2) is 11.1. The fourth-order valence-corrected chi connectivity index (χ4v) is 15.6. The van der Waals surface area contributed by atoms with Crippen molar-refractivity contribution in [2.75, 3.05) is 9.80 Å². The topological polar surface area (TPSA) is 6.48 Å². The number of benzene rings is 7. The van der Waals surface area contributed by atoms with Crippen molar-refractivity contribution in [1.82, 2.24) is 0 Å². The van der Waals surface area contributed by atoms with Gasteiger partial charge in [0, 0.05) is 39.3 Å². The van der Waals surface area contributed by atoms with Crippen molar-refractivity contribution in [2.45, 2.75) is 62.2 Å². The summed E-state index contributed by atoms with van der Waals surface area (Å²) < 4.78 is 0. The summed E-state index contributed by atoms with van der Waals surface area (Å²) >= 11 is 0. The average molecular weight is 757 g/mol. The van der Waals surface area contributed by atoms with Crippen LogP contribution in [0.1, 0.15) is 73.6 Å². The van der Waals surface area contributed by atoms with Gasteiger partial charge in [-0.15, -0.1) is 0 Å². The van der Waals surface area contributed by atoms with E-state index >= 15 is 0 Å². The quantitative estimate of drug-likeness (QED) is 0.162. The predicted molar refractivity (Wildman–Crippen MR) is 244 cm³/mol. The van der Waals surface area contributed by atoms with E-state index in [0.717, 1.165) is 17.8 Å². The molecule has 59 heavy (non-hydrogen) atoms. The van der Waals surface area contributed by atoms with Gasteiger partial charge in [0.05, 0.1) is 5.69 Å². The number of fused-ring (bicyclic) bond motifs is 21. The Balaban J connectivity index is 1.04. The lowest BCUT2D eigenvalue weighted by atomic mass is 9.32. The fraction of sp³-hybridized carbons (Fsp3) is 0.250. The Morgan fingerprint density at radius 3 is 1.78 bits per heavy atom. The third-order valence-corrected chi connectivity index (χ3v) is 17.4. The van der Waals surface area contributed by atoms with Crippen molar-refractivity contribution in [2.24, 2.45) is 23.7 Å². The van der Waals surface area contributed by atoms with Gasteiger partial charge in [-0.25, -0.2) is 0 Å². The molecule has 7 aromatic carbocycles. The highest BCUT2D eigenvalue weighted by molar-refractivity contribution is 7.01. The number of hydrogen-bond donors (Lipinski definition) is 0. The van der Waals surface area contributed by atoms with Crippen molar-refractivity contribution < 1.29 is 0 Å². The van der Waals surface area contributed by atoms with Gasteiger partial charge in [-0.3, -0.25) is 0 Å². The second-order valence-electron chi connectivity index (χ2n) is 19.5. The molecule has 0 aromatic heterocycles. The van der Waals surface area contributed by atoms with Crippen molar-refractivity contribution in [3.05, 3.63) is 174 Å². The summed E-state index contributed by atoms with van der Waals surface area (Å²) in [5.74, 6) is 3.06. The second-order valence-corrected chi connectivity index (χ2v) is 19.5. The lowest BCUT2D eigenvalue weighted by Crippen LogP contribution is -2.62. The van der Waals surface area contributed by atoms with E-state index in [0.29, 0.717) is 5.92 Å². The van der Waals surface area contributed by atoms with Crippen LogP contribution in [0.15, 0.2) is 152 Å². The zero-order valence-corrected chi connectivity index (χ0v) is 33.4. The third-order valence-electron chi connectivity index (χ3n) is 17.4. The third kappa shape index (κ3) is 3.71. The molecular formula is C56H45BN2. The lowest BCUT2D eigenvalue weighted by Gasteiger charge is -2.46. The Hall–Kier alpha value is -5.80. The van der Waals surface area contributed by atoms with Gasteiger partial charge < -0.3 is 9.80 Å². The zero-order valence-electron chi connectivity index (χ0n) is 33.4. The van der Waals surface area contributed by atoms with Gasteiger partial charge >= 0.3 is 0 Å². The summed E-state index contributed by atoms with van der Waals surface area (Å²) in [4.78, 5) is 5.35. The summed E-state index contributed by atoms with van der Waals surface area (Å²) in [5.41, 5.74) is 24.8. The van der Waals surface area contributed by atoms with Gasteiger partial charge in [-0.2, -0.15) is 0 Å². The van der Waals surface area contributed by atoms with Gasteiger partial charge in [0.2, 0.25) is 0 Å². The zero-order chi connectivity index (χ0) is 38.2. The molecule has 6 atom stereocenters. The lowest BCUT2D eigenvalue weighted by molar-refractivity contribution is 0.327. The molecule has 2 unspecified atom stereocenters. The molecule has 2 nitrogen and oxygen atoms in total. The number of para-hydroxylation sites is 2. The Morgan fingerprint density at radius 2 is 1.02 bits per heavy atom. The van der Waals surface area contributed by atoms with Gasteiger partial charge in [-0.05, 0) is 166 Å². The first-order chi connectivity index (χ1) is 29.2. The van der Waals surface area contributed by atoms with E-state index in [4.69, 9.17) is 0 Å². The molecule has 0 radical (unpaired) electrons. The van der Waals surface area contributed by atoms with E-state index in [1.54, 1.807) is 22.3 Å². The van der Waals surface area contributed by atoms with Gasteiger partial charge in [-0.1, -0.05) is 122 Å². The minimum Gasteiger partial charge on any atom is -0.311 e. The highest BCUT2D eigenvalue weighted by Gasteiger charge is 2.60. The van der Waals surface area contributed by atoms with E-state index in [1.165, 1.54) is 124 Å². The molecule has 4 fully saturated rings. The summed E-state index contributed by atoms with van der Waals surface area (Å²) in [6.07, 6.45) is 10.8. The van der Waals surface area contributed by atoms with E-state index in [1.807, 2.05) is 0 Å². The van der Waals surface area contributed by atoms with Crippen LogP contribution in [-0.2, 0) is 10.8 Å². The summed E-state index contributed by atoms with van der Waals surface area (Å²) in [6, 6.07) is 59.4. The summed E-state index contributed by atoms with van der Waals surface area (Å²) in [7, 11) is 0. The summed E-state index contributed by atoms with van der Waals surface area (Å²) in [5, 5.41) is 0. The molecule has 8 aliphatic rings. The molecule has 15 rings (SSSR count). The molecule has 0 amide bonds. The van der Waals surface area contributed by atoms with Crippen LogP contribution < -0.4 is 26.2 Å². The molecule has 3 heteroatoms. The highest BCUT2D eigenvalue weighted by Crippen LogP contribution is 2.69. The first kappa shape index (κ1) is 32.1. The van der Waals surface area contributed by atoms with Gasteiger partial charge in [0.1, 0.15) is 0 Å². The maximum Gasteiger partial charge on any atom is 0.252 e. The Bertz CT molecular complexity index is 2990. The molecule has 0 N–H and O–H groups in total. The van der Waals surface area contributed by atoms with E-state index < -0.39 is 0 Å². The minimum absolute atomic E-state index is 0.0638. The minimum atomic E-state index is 0.0638. The number of hydrogen-bond acceptors (Lipinski definition) is 2. The molecule has 2 spiro atoms. The van der Waals surface area contributed by atoms with Gasteiger partial charge in [0.25, 0.3) is 6.71 Å². The van der Waals surface area contributed by atoms with E-state index in [9.17, 15) is 0 Å². The van der Waals surface area contributed by atoms with Crippen LogP contribution in [0.4, 0.5) is 34.1 Å². The van der Waals surface area contributed by atoms with Crippen LogP contribution >= 0.6 is 0 Å². The standard InChI is InChI=1S/C56H45BN2/c1-2-12-38(13-3-1)58-48-22-11-23-49-53(48)57(54-50(58)29-28-44-51(54)41-15-5-7-18-43(41)55(44)32-34-24-26-36(55)30-34)45-19-8-9-20-46(45)59(49)47-21-10-16-40-39-14-4-6-17-42(39)56(52(40)47)33-35-25-27-37(56)31-35/h1-23,28-29,34-37H,24-27,30-33H2/t34?,35-,36?,37+,55-,56+/m0/s1. The Labute approximate surface area is 347 Å². The SMILES string of the molecule is c1ccc(N2c3cccc4c3B(c3ccccc3N4c3cccc4c3[C@@]3(C[C@H]5CC[C@@H]3C5)c3ccccc3-4)c3c2ccc2c3-c3ccccc3[C@@]23CC2CCC3C2)cc1. The van der Waals surface area contributed by atoms with Crippen LogP contribution in [-0.4, -0.2) is 6.71 Å². The largest absolute Gasteiger partial charge is 0.311 e. The number of nitrogens with zero attached hydrogens (tertiary/aromatic N) is 2. The predicted octanol–water partition coefficient (Wildman–Crippen LogP) is 11.9.